The van der Waals surface area contributed by atoms with Gasteiger partial charge in [0, 0.05) is 10.5 Å². The van der Waals surface area contributed by atoms with Crippen LogP contribution in [-0.4, -0.2) is 24.4 Å². The lowest BCUT2D eigenvalue weighted by molar-refractivity contribution is 0.312. The number of phenols is 2. The van der Waals surface area contributed by atoms with Crippen LogP contribution >= 0.6 is 11.8 Å². The van der Waals surface area contributed by atoms with E-state index in [1.807, 2.05) is 30.3 Å². The Morgan fingerprint density at radius 3 is 2.05 bits per heavy atom. The van der Waals surface area contributed by atoms with Crippen molar-refractivity contribution in [3.63, 3.8) is 0 Å². The number of allylic oxidation sites excluding steroid dienone is 1. The molecule has 0 radical (unpaired) electrons. The van der Waals surface area contributed by atoms with E-state index >= 15 is 0 Å². The molecule has 0 saturated carbocycles. The normalized spacial score (nSPS) is 10.3. The number of rotatable bonds is 5. The third-order valence-electron chi connectivity index (χ3n) is 3.11. The standard InChI is InChI=1S/C17H18O4S/c1-10(2)12-13(18)15(20-3)16(21-4)14(19)17(12)22-11-8-6-5-7-9-11/h5-9,18-19H,1H2,2-4H3. The van der Waals surface area contributed by atoms with E-state index < -0.39 is 0 Å². The first-order chi connectivity index (χ1) is 10.5. The van der Waals surface area contributed by atoms with Gasteiger partial charge in [-0.25, -0.2) is 0 Å². The summed E-state index contributed by atoms with van der Waals surface area (Å²) in [5, 5.41) is 21.0. The summed E-state index contributed by atoms with van der Waals surface area (Å²) < 4.78 is 10.3. The van der Waals surface area contributed by atoms with Crippen LogP contribution < -0.4 is 9.47 Å². The van der Waals surface area contributed by atoms with E-state index in [4.69, 9.17) is 9.47 Å². The smallest absolute Gasteiger partial charge is 0.208 e. The van der Waals surface area contributed by atoms with Gasteiger partial charge in [-0.15, -0.1) is 0 Å². The lowest BCUT2D eigenvalue weighted by Crippen LogP contribution is -1.97. The highest BCUT2D eigenvalue weighted by Crippen LogP contribution is 2.54. The van der Waals surface area contributed by atoms with E-state index in [-0.39, 0.29) is 23.0 Å². The SMILES string of the molecule is C=C(C)c1c(O)c(OC)c(OC)c(O)c1Sc1ccccc1. The van der Waals surface area contributed by atoms with Gasteiger partial charge in [0.15, 0.2) is 11.5 Å². The summed E-state index contributed by atoms with van der Waals surface area (Å²) in [4.78, 5) is 1.40. The molecule has 2 rings (SSSR count). The maximum absolute atomic E-state index is 10.5. The Labute approximate surface area is 134 Å². The Hall–Kier alpha value is -2.27. The summed E-state index contributed by atoms with van der Waals surface area (Å²) in [6.07, 6.45) is 0. The lowest BCUT2D eigenvalue weighted by Gasteiger charge is -2.19. The number of hydrogen-bond acceptors (Lipinski definition) is 5. The molecule has 4 nitrogen and oxygen atoms in total. The van der Waals surface area contributed by atoms with Gasteiger partial charge in [0.25, 0.3) is 0 Å². The van der Waals surface area contributed by atoms with Gasteiger partial charge in [-0.2, -0.15) is 0 Å². The molecule has 0 heterocycles. The molecule has 2 aromatic rings. The maximum Gasteiger partial charge on any atom is 0.208 e. The number of ether oxygens (including phenoxy) is 2. The minimum absolute atomic E-state index is 0.0796. The van der Waals surface area contributed by atoms with Crippen LogP contribution in [0.15, 0.2) is 46.7 Å². The van der Waals surface area contributed by atoms with Crippen molar-refractivity contribution in [3.05, 3.63) is 42.5 Å². The Balaban J connectivity index is 2.70. The third kappa shape index (κ3) is 2.85. The summed E-state index contributed by atoms with van der Waals surface area (Å²) in [6, 6.07) is 9.55. The molecular formula is C17H18O4S. The second-order valence-corrected chi connectivity index (χ2v) is 5.75. The van der Waals surface area contributed by atoms with E-state index in [0.717, 1.165) is 4.90 Å². The number of methoxy groups -OCH3 is 2. The van der Waals surface area contributed by atoms with Crippen LogP contribution in [0.1, 0.15) is 12.5 Å². The van der Waals surface area contributed by atoms with Crippen LogP contribution in [-0.2, 0) is 0 Å². The van der Waals surface area contributed by atoms with Crippen molar-refractivity contribution in [1.29, 1.82) is 0 Å². The van der Waals surface area contributed by atoms with Crippen molar-refractivity contribution in [2.45, 2.75) is 16.7 Å². The van der Waals surface area contributed by atoms with Crippen molar-refractivity contribution < 1.29 is 19.7 Å². The first kappa shape index (κ1) is 16.1. The molecule has 0 spiro atoms. The average molecular weight is 318 g/mol. The van der Waals surface area contributed by atoms with Gasteiger partial charge in [0.1, 0.15) is 0 Å². The monoisotopic (exact) mass is 318 g/mol. The number of phenolic OH excluding ortho intramolecular Hbond substituents is 2. The molecule has 0 aliphatic carbocycles. The molecule has 116 valence electrons. The largest absolute Gasteiger partial charge is 0.504 e. The summed E-state index contributed by atoms with van der Waals surface area (Å²) in [7, 11) is 2.82. The molecule has 0 aliphatic rings. The van der Waals surface area contributed by atoms with Crippen LogP contribution in [0.5, 0.6) is 23.0 Å². The second-order valence-electron chi connectivity index (χ2n) is 4.66. The van der Waals surface area contributed by atoms with E-state index in [0.29, 0.717) is 16.0 Å². The van der Waals surface area contributed by atoms with E-state index in [1.54, 1.807) is 6.92 Å². The Kier molecular flexibility index (Phi) is 4.88. The van der Waals surface area contributed by atoms with E-state index in [9.17, 15) is 10.2 Å². The van der Waals surface area contributed by atoms with Gasteiger partial charge in [-0.3, -0.25) is 0 Å². The van der Waals surface area contributed by atoms with Gasteiger partial charge >= 0.3 is 0 Å². The highest BCUT2D eigenvalue weighted by molar-refractivity contribution is 7.99. The summed E-state index contributed by atoms with van der Waals surface area (Å²) in [6.45, 7) is 5.64. The second kappa shape index (κ2) is 6.66. The zero-order valence-electron chi connectivity index (χ0n) is 12.7. The minimum Gasteiger partial charge on any atom is -0.504 e. The van der Waals surface area contributed by atoms with Crippen LogP contribution in [0.4, 0.5) is 0 Å². The molecule has 0 unspecified atom stereocenters. The van der Waals surface area contributed by atoms with Crippen molar-refractivity contribution >= 4 is 17.3 Å². The molecular weight excluding hydrogens is 300 g/mol. The van der Waals surface area contributed by atoms with Gasteiger partial charge < -0.3 is 19.7 Å². The Bertz CT molecular complexity index is 696. The minimum atomic E-state index is -0.0944. The topological polar surface area (TPSA) is 58.9 Å². The third-order valence-corrected chi connectivity index (χ3v) is 4.22. The lowest BCUT2D eigenvalue weighted by atomic mass is 10.1. The summed E-state index contributed by atoms with van der Waals surface area (Å²) in [5.41, 5.74) is 1.07. The van der Waals surface area contributed by atoms with Gasteiger partial charge in [-0.05, 0) is 24.6 Å². The van der Waals surface area contributed by atoms with Crippen LogP contribution in [0.3, 0.4) is 0 Å². The quantitative estimate of drug-likeness (QED) is 0.805. The first-order valence-corrected chi connectivity index (χ1v) is 7.41. The highest BCUT2D eigenvalue weighted by atomic mass is 32.2. The van der Waals surface area contributed by atoms with Crippen molar-refractivity contribution in [1.82, 2.24) is 0 Å². The molecule has 0 fully saturated rings. The molecule has 0 bridgehead atoms. The summed E-state index contributed by atoms with van der Waals surface area (Å²) >= 11 is 1.33. The molecule has 2 aromatic carbocycles. The van der Waals surface area contributed by atoms with Crippen molar-refractivity contribution in [2.24, 2.45) is 0 Å². The predicted octanol–water partition coefficient (Wildman–Crippen LogP) is 4.30. The Morgan fingerprint density at radius 2 is 1.55 bits per heavy atom. The fourth-order valence-electron chi connectivity index (χ4n) is 2.14. The fourth-order valence-corrected chi connectivity index (χ4v) is 3.23. The maximum atomic E-state index is 10.5. The van der Waals surface area contributed by atoms with Crippen LogP contribution in [0, 0.1) is 0 Å². The van der Waals surface area contributed by atoms with Gasteiger partial charge in [-0.1, -0.05) is 36.5 Å². The average Bonchev–Trinajstić information content (AvgIpc) is 2.50. The molecule has 0 saturated heterocycles. The van der Waals surface area contributed by atoms with Crippen LogP contribution in [0.2, 0.25) is 0 Å². The van der Waals surface area contributed by atoms with Crippen molar-refractivity contribution in [2.75, 3.05) is 14.2 Å². The predicted molar refractivity (Wildman–Crippen MR) is 88.1 cm³/mol. The number of benzene rings is 2. The van der Waals surface area contributed by atoms with Gasteiger partial charge in [0.05, 0.1) is 19.1 Å². The molecule has 0 aromatic heterocycles. The number of hydrogen-bond donors (Lipinski definition) is 2. The van der Waals surface area contributed by atoms with E-state index in [2.05, 4.69) is 6.58 Å². The number of aromatic hydroxyl groups is 2. The molecule has 0 atom stereocenters. The zero-order chi connectivity index (χ0) is 16.3. The first-order valence-electron chi connectivity index (χ1n) is 6.59. The van der Waals surface area contributed by atoms with Crippen LogP contribution in [0.25, 0.3) is 5.57 Å². The molecule has 5 heteroatoms. The zero-order valence-corrected chi connectivity index (χ0v) is 13.5. The van der Waals surface area contributed by atoms with Gasteiger partial charge in [0.2, 0.25) is 11.5 Å². The fraction of sp³-hybridized carbons (Fsp3) is 0.176. The molecule has 0 aliphatic heterocycles. The highest BCUT2D eigenvalue weighted by Gasteiger charge is 2.26. The molecule has 2 N–H and O–H groups in total. The van der Waals surface area contributed by atoms with E-state index in [1.165, 1.54) is 26.0 Å². The molecule has 22 heavy (non-hydrogen) atoms. The summed E-state index contributed by atoms with van der Waals surface area (Å²) in [5.74, 6) is 0.0194. The molecule has 0 amide bonds. The Morgan fingerprint density at radius 1 is 1.00 bits per heavy atom. The van der Waals surface area contributed by atoms with Crippen molar-refractivity contribution in [3.8, 4) is 23.0 Å².